The molecule has 1 amide bonds. The number of benzene rings is 1. The Balaban J connectivity index is 1.48. The third kappa shape index (κ3) is 4.51. The number of rotatable bonds is 5. The maximum Gasteiger partial charge on any atom is 0.407 e. The Bertz CT molecular complexity index is 620. The first kappa shape index (κ1) is 17.7. The average molecular weight is 395 g/mol. The van der Waals surface area contributed by atoms with Crippen LogP contribution < -0.4 is 10.6 Å². The molecule has 0 unspecified atom stereocenters. The second kappa shape index (κ2) is 6.68. The fourth-order valence-electron chi connectivity index (χ4n) is 3.30. The van der Waals surface area contributed by atoms with Crippen molar-refractivity contribution in [2.45, 2.75) is 58.1 Å². The predicted molar refractivity (Wildman–Crippen MR) is 99.1 cm³/mol. The normalized spacial score (nSPS) is 21.2. The van der Waals surface area contributed by atoms with Gasteiger partial charge in [-0.3, -0.25) is 0 Å². The van der Waals surface area contributed by atoms with Crippen LogP contribution in [0.25, 0.3) is 0 Å². The van der Waals surface area contributed by atoms with E-state index in [9.17, 15) is 4.79 Å². The molecule has 1 fully saturated rings. The number of hydrogen-bond acceptors (Lipinski definition) is 3. The smallest absolute Gasteiger partial charge is 0.407 e. The number of fused-ring (bicyclic) bond motifs is 1. The van der Waals surface area contributed by atoms with Crippen molar-refractivity contribution < 1.29 is 9.53 Å². The van der Waals surface area contributed by atoms with Gasteiger partial charge in [0.25, 0.3) is 0 Å². The molecule has 0 bridgehead atoms. The fraction of sp³-hybridized carbons (Fsp3) is 0.632. The molecule has 1 saturated carbocycles. The van der Waals surface area contributed by atoms with Crippen molar-refractivity contribution in [3.8, 4) is 0 Å². The molecule has 132 valence electrons. The van der Waals surface area contributed by atoms with Crippen LogP contribution in [0.4, 0.5) is 4.79 Å². The molecule has 4 nitrogen and oxygen atoms in total. The van der Waals surface area contributed by atoms with E-state index in [1.807, 2.05) is 20.8 Å². The minimum absolute atomic E-state index is 0.203. The highest BCUT2D eigenvalue weighted by molar-refractivity contribution is 9.10. The first-order chi connectivity index (χ1) is 11.3. The maximum atomic E-state index is 11.8. The topological polar surface area (TPSA) is 50.4 Å². The third-order valence-electron chi connectivity index (χ3n) is 4.87. The number of carbonyl (C=O) groups excluding carboxylic acids is 1. The maximum absolute atomic E-state index is 11.8. The summed E-state index contributed by atoms with van der Waals surface area (Å²) in [6.45, 7) is 7.29. The number of nitrogens with one attached hydrogen (secondary N) is 2. The zero-order valence-electron chi connectivity index (χ0n) is 14.7. The minimum Gasteiger partial charge on any atom is -0.444 e. The van der Waals surface area contributed by atoms with E-state index in [0.717, 1.165) is 36.7 Å². The summed E-state index contributed by atoms with van der Waals surface area (Å²) in [4.78, 5) is 11.8. The minimum atomic E-state index is -0.444. The number of ether oxygens (including phenoxy) is 1. The quantitative estimate of drug-likeness (QED) is 0.780. The van der Waals surface area contributed by atoms with E-state index in [4.69, 9.17) is 4.74 Å². The van der Waals surface area contributed by atoms with Crippen molar-refractivity contribution in [3.63, 3.8) is 0 Å². The SMILES string of the molecule is CC(C)(C)OC(=O)NCC1(CN[C@@H]2CCc3cc(Br)ccc32)CC1. The van der Waals surface area contributed by atoms with Crippen LogP contribution in [0.1, 0.15) is 57.2 Å². The summed E-state index contributed by atoms with van der Waals surface area (Å²) < 4.78 is 6.48. The van der Waals surface area contributed by atoms with Gasteiger partial charge in [-0.15, -0.1) is 0 Å². The molecule has 1 aromatic rings. The molecule has 2 aliphatic carbocycles. The highest BCUT2D eigenvalue weighted by Crippen LogP contribution is 2.45. The summed E-state index contributed by atoms with van der Waals surface area (Å²) in [6.07, 6.45) is 4.30. The Morgan fingerprint density at radius 3 is 2.75 bits per heavy atom. The van der Waals surface area contributed by atoms with Crippen molar-refractivity contribution in [1.29, 1.82) is 0 Å². The lowest BCUT2D eigenvalue weighted by Crippen LogP contribution is -2.39. The molecule has 5 heteroatoms. The van der Waals surface area contributed by atoms with E-state index in [2.05, 4.69) is 44.8 Å². The molecule has 2 N–H and O–H groups in total. The molecule has 2 aliphatic rings. The molecule has 0 radical (unpaired) electrons. The molecule has 24 heavy (non-hydrogen) atoms. The predicted octanol–water partition coefficient (Wildman–Crippen LogP) is 4.33. The Morgan fingerprint density at radius 2 is 2.08 bits per heavy atom. The largest absolute Gasteiger partial charge is 0.444 e. The van der Waals surface area contributed by atoms with Gasteiger partial charge in [-0.25, -0.2) is 4.79 Å². The van der Waals surface area contributed by atoms with Gasteiger partial charge in [0.15, 0.2) is 0 Å². The average Bonchev–Trinajstić information content (AvgIpc) is 3.15. The van der Waals surface area contributed by atoms with E-state index in [0.29, 0.717) is 12.6 Å². The second-order valence-electron chi connectivity index (χ2n) is 8.17. The molecule has 0 aliphatic heterocycles. The zero-order chi connectivity index (χ0) is 17.4. The summed E-state index contributed by atoms with van der Waals surface area (Å²) in [7, 11) is 0. The van der Waals surface area contributed by atoms with E-state index in [-0.39, 0.29) is 11.5 Å². The van der Waals surface area contributed by atoms with Crippen molar-refractivity contribution in [3.05, 3.63) is 33.8 Å². The van der Waals surface area contributed by atoms with Gasteiger partial charge in [-0.1, -0.05) is 22.0 Å². The van der Waals surface area contributed by atoms with E-state index < -0.39 is 5.60 Å². The molecule has 1 atom stereocenters. The van der Waals surface area contributed by atoms with E-state index >= 15 is 0 Å². The first-order valence-electron chi connectivity index (χ1n) is 8.75. The summed E-state index contributed by atoms with van der Waals surface area (Å²) in [5.41, 5.74) is 2.63. The van der Waals surface area contributed by atoms with Gasteiger partial charge in [-0.2, -0.15) is 0 Å². The van der Waals surface area contributed by atoms with Crippen LogP contribution in [-0.4, -0.2) is 24.8 Å². The Morgan fingerprint density at radius 1 is 1.33 bits per heavy atom. The number of amides is 1. The van der Waals surface area contributed by atoms with Gasteiger partial charge in [0.05, 0.1) is 0 Å². The van der Waals surface area contributed by atoms with Crippen LogP contribution in [0.15, 0.2) is 22.7 Å². The van der Waals surface area contributed by atoms with Crippen LogP contribution in [0.2, 0.25) is 0 Å². The number of aryl methyl sites for hydroxylation is 1. The summed E-state index contributed by atoms with van der Waals surface area (Å²) >= 11 is 3.55. The summed E-state index contributed by atoms with van der Waals surface area (Å²) in [5.74, 6) is 0. The molecular weight excluding hydrogens is 368 g/mol. The van der Waals surface area contributed by atoms with Gasteiger partial charge in [0.2, 0.25) is 0 Å². The monoisotopic (exact) mass is 394 g/mol. The van der Waals surface area contributed by atoms with E-state index in [1.54, 1.807) is 0 Å². The molecule has 1 aromatic carbocycles. The van der Waals surface area contributed by atoms with Gasteiger partial charge < -0.3 is 15.4 Å². The summed E-state index contributed by atoms with van der Waals surface area (Å²) in [6, 6.07) is 7.01. The Hall–Kier alpha value is -1.07. The Labute approximate surface area is 152 Å². The Kier molecular flexibility index (Phi) is 4.94. The van der Waals surface area contributed by atoms with Crippen molar-refractivity contribution in [2.75, 3.05) is 13.1 Å². The van der Waals surface area contributed by atoms with Crippen molar-refractivity contribution >= 4 is 22.0 Å². The van der Waals surface area contributed by atoms with Crippen LogP contribution in [-0.2, 0) is 11.2 Å². The highest BCUT2D eigenvalue weighted by Gasteiger charge is 2.43. The number of carbonyl (C=O) groups is 1. The van der Waals surface area contributed by atoms with Crippen molar-refractivity contribution in [2.24, 2.45) is 5.41 Å². The van der Waals surface area contributed by atoms with Crippen LogP contribution >= 0.6 is 15.9 Å². The first-order valence-corrected chi connectivity index (χ1v) is 9.54. The van der Waals surface area contributed by atoms with Gasteiger partial charge in [0, 0.05) is 29.0 Å². The molecule has 0 heterocycles. The standard InChI is InChI=1S/C19H27BrN2O2/c1-18(2,3)24-17(23)22-12-19(8-9-19)11-21-16-7-4-13-10-14(20)5-6-15(13)16/h5-6,10,16,21H,4,7-9,11-12H2,1-3H3,(H,22,23)/t16-/m1/s1. The highest BCUT2D eigenvalue weighted by atomic mass is 79.9. The number of hydrogen-bond donors (Lipinski definition) is 2. The van der Waals surface area contributed by atoms with Crippen LogP contribution in [0.3, 0.4) is 0 Å². The lowest BCUT2D eigenvalue weighted by molar-refractivity contribution is 0.0516. The molecule has 3 rings (SSSR count). The van der Waals surface area contributed by atoms with Crippen molar-refractivity contribution in [1.82, 2.24) is 10.6 Å². The summed E-state index contributed by atoms with van der Waals surface area (Å²) in [5, 5.41) is 6.66. The lowest BCUT2D eigenvalue weighted by Gasteiger charge is -2.23. The number of halogens is 1. The zero-order valence-corrected chi connectivity index (χ0v) is 16.3. The molecule has 0 spiro atoms. The lowest BCUT2D eigenvalue weighted by atomic mass is 10.0. The second-order valence-corrected chi connectivity index (χ2v) is 9.09. The third-order valence-corrected chi connectivity index (χ3v) is 5.36. The van der Waals surface area contributed by atoms with Crippen LogP contribution in [0.5, 0.6) is 0 Å². The molecular formula is C19H27BrN2O2. The van der Waals surface area contributed by atoms with E-state index in [1.165, 1.54) is 11.1 Å². The molecule has 0 aromatic heterocycles. The van der Waals surface area contributed by atoms with Crippen LogP contribution in [0, 0.1) is 5.41 Å². The van der Waals surface area contributed by atoms with Gasteiger partial charge >= 0.3 is 6.09 Å². The van der Waals surface area contributed by atoms with Gasteiger partial charge in [-0.05, 0) is 69.7 Å². The molecule has 0 saturated heterocycles. The number of alkyl carbamates (subject to hydrolysis) is 1. The fourth-order valence-corrected chi connectivity index (χ4v) is 3.71. The van der Waals surface area contributed by atoms with Gasteiger partial charge in [0.1, 0.15) is 5.60 Å².